The van der Waals surface area contributed by atoms with Crippen LogP contribution in [0, 0.1) is 10.1 Å². The van der Waals surface area contributed by atoms with Gasteiger partial charge in [0.1, 0.15) is 12.2 Å². The van der Waals surface area contributed by atoms with Gasteiger partial charge in [-0.05, 0) is 25.0 Å². The molecule has 0 spiro atoms. The lowest BCUT2D eigenvalue weighted by molar-refractivity contribution is -0.384. The molecule has 12 heteroatoms. The molecule has 1 saturated heterocycles. The minimum atomic E-state index is -3.81. The van der Waals surface area contributed by atoms with Crippen molar-refractivity contribution in [3.05, 3.63) is 40.6 Å². The minimum absolute atomic E-state index is 0.0918. The van der Waals surface area contributed by atoms with Gasteiger partial charge in [0, 0.05) is 31.4 Å². The first-order chi connectivity index (χ1) is 13.8. The number of benzene rings is 1. The van der Waals surface area contributed by atoms with Gasteiger partial charge < -0.3 is 11.1 Å². The number of primary amides is 1. The Morgan fingerprint density at radius 3 is 2.52 bits per heavy atom. The topological polar surface area (TPSA) is 153 Å². The molecule has 0 unspecified atom stereocenters. The van der Waals surface area contributed by atoms with Crippen LogP contribution in [0.5, 0.6) is 0 Å². The lowest BCUT2D eigenvalue weighted by Gasteiger charge is -2.20. The fourth-order valence-corrected chi connectivity index (χ4v) is 4.71. The van der Waals surface area contributed by atoms with E-state index in [1.54, 1.807) is 0 Å². The third kappa shape index (κ3) is 4.90. The van der Waals surface area contributed by atoms with E-state index in [2.05, 4.69) is 10.4 Å². The number of amides is 1. The monoisotopic (exact) mass is 422 g/mol. The Morgan fingerprint density at radius 2 is 1.90 bits per heavy atom. The molecule has 29 heavy (non-hydrogen) atoms. The van der Waals surface area contributed by atoms with Crippen molar-refractivity contribution in [2.45, 2.75) is 37.1 Å². The number of hydrogen-bond acceptors (Lipinski definition) is 7. The molecule has 0 aliphatic carbocycles. The molecular weight excluding hydrogens is 400 g/mol. The second-order valence-electron chi connectivity index (χ2n) is 6.74. The molecular formula is C17H22N6O5S. The predicted octanol–water partition coefficient (Wildman–Crippen LogP) is 1.58. The number of aromatic nitrogens is 2. The molecule has 0 radical (unpaired) electrons. The molecule has 2 aromatic rings. The van der Waals surface area contributed by atoms with Gasteiger partial charge in [-0.3, -0.25) is 19.6 Å². The number of carbonyl (C=O) groups is 1. The van der Waals surface area contributed by atoms with Crippen LogP contribution in [0.2, 0.25) is 0 Å². The van der Waals surface area contributed by atoms with Crippen LogP contribution >= 0.6 is 0 Å². The number of nitrogens with two attached hydrogens (primary N) is 1. The molecule has 3 N–H and O–H groups in total. The summed E-state index contributed by atoms with van der Waals surface area (Å²) in [5.41, 5.74) is 4.82. The molecule has 2 heterocycles. The lowest BCUT2D eigenvalue weighted by atomic mass is 10.2. The number of rotatable bonds is 7. The summed E-state index contributed by atoms with van der Waals surface area (Å²) < 4.78 is 28.5. The number of nitrogens with one attached hydrogen (secondary N) is 1. The smallest absolute Gasteiger partial charge is 0.294 e. The summed E-state index contributed by atoms with van der Waals surface area (Å²) >= 11 is 0. The lowest BCUT2D eigenvalue weighted by Crippen LogP contribution is -2.32. The molecule has 0 bridgehead atoms. The summed E-state index contributed by atoms with van der Waals surface area (Å²) in [7, 11) is -3.81. The summed E-state index contributed by atoms with van der Waals surface area (Å²) in [5.74, 6) is -0.314. The van der Waals surface area contributed by atoms with Gasteiger partial charge in [0.2, 0.25) is 15.9 Å². The molecule has 0 atom stereocenters. The van der Waals surface area contributed by atoms with Gasteiger partial charge in [0.15, 0.2) is 5.82 Å². The van der Waals surface area contributed by atoms with Gasteiger partial charge in [0.05, 0.1) is 9.82 Å². The summed E-state index contributed by atoms with van der Waals surface area (Å²) in [6, 6.07) is 5.27. The van der Waals surface area contributed by atoms with Crippen LogP contribution in [0.15, 0.2) is 35.4 Å². The van der Waals surface area contributed by atoms with Crippen LogP contribution in [0.25, 0.3) is 0 Å². The average Bonchev–Trinajstić information content (AvgIpc) is 2.91. The highest BCUT2D eigenvalue weighted by Crippen LogP contribution is 2.31. The highest BCUT2D eigenvalue weighted by molar-refractivity contribution is 7.89. The third-order valence-corrected chi connectivity index (χ3v) is 6.48. The summed E-state index contributed by atoms with van der Waals surface area (Å²) in [6.45, 7) is 0.692. The highest BCUT2D eigenvalue weighted by atomic mass is 32.2. The zero-order valence-corrected chi connectivity index (χ0v) is 16.5. The van der Waals surface area contributed by atoms with Gasteiger partial charge in [0.25, 0.3) is 5.69 Å². The number of sulfonamides is 1. The van der Waals surface area contributed by atoms with Crippen molar-refractivity contribution >= 4 is 33.1 Å². The molecule has 3 rings (SSSR count). The second-order valence-corrected chi connectivity index (χ2v) is 8.68. The largest absolute Gasteiger partial charge is 0.368 e. The van der Waals surface area contributed by atoms with E-state index in [1.807, 2.05) is 0 Å². The van der Waals surface area contributed by atoms with Gasteiger partial charge in [-0.2, -0.15) is 9.40 Å². The molecule has 1 aromatic heterocycles. The van der Waals surface area contributed by atoms with Gasteiger partial charge in [-0.1, -0.05) is 12.8 Å². The maximum atomic E-state index is 12.9. The van der Waals surface area contributed by atoms with Crippen LogP contribution in [0.4, 0.5) is 17.2 Å². The van der Waals surface area contributed by atoms with Crippen LogP contribution in [0.1, 0.15) is 25.7 Å². The second kappa shape index (κ2) is 8.57. The number of nitrogens with zero attached hydrogens (tertiary/aromatic N) is 4. The van der Waals surface area contributed by atoms with Gasteiger partial charge in [-0.15, -0.1) is 0 Å². The number of anilines is 2. The van der Waals surface area contributed by atoms with E-state index < -0.39 is 20.9 Å². The Balaban J connectivity index is 1.88. The van der Waals surface area contributed by atoms with Crippen molar-refractivity contribution in [1.82, 2.24) is 14.1 Å². The Hall–Kier alpha value is -2.99. The fraction of sp³-hybridized carbons (Fsp3) is 0.412. The van der Waals surface area contributed by atoms with Crippen molar-refractivity contribution < 1.29 is 18.1 Å². The molecule has 0 saturated carbocycles. The van der Waals surface area contributed by atoms with E-state index in [0.717, 1.165) is 31.7 Å². The van der Waals surface area contributed by atoms with E-state index in [9.17, 15) is 23.3 Å². The van der Waals surface area contributed by atoms with E-state index in [-0.39, 0.29) is 28.6 Å². The number of nitro benzene ring substituents is 1. The minimum Gasteiger partial charge on any atom is -0.368 e. The quantitative estimate of drug-likeness (QED) is 0.507. The van der Waals surface area contributed by atoms with E-state index in [1.165, 1.54) is 33.4 Å². The van der Waals surface area contributed by atoms with Crippen LogP contribution in [0.3, 0.4) is 0 Å². The van der Waals surface area contributed by atoms with Crippen molar-refractivity contribution in [2.24, 2.45) is 5.73 Å². The Labute approximate surface area is 167 Å². The third-order valence-electron chi connectivity index (χ3n) is 4.59. The average molecular weight is 422 g/mol. The van der Waals surface area contributed by atoms with E-state index >= 15 is 0 Å². The first kappa shape index (κ1) is 20.7. The molecule has 156 valence electrons. The normalized spacial score (nSPS) is 15.6. The number of hydrogen-bond donors (Lipinski definition) is 2. The van der Waals surface area contributed by atoms with Crippen molar-refractivity contribution in [2.75, 3.05) is 18.4 Å². The highest BCUT2D eigenvalue weighted by Gasteiger charge is 2.28. The SMILES string of the molecule is NC(=O)Cn1ccc(Nc2ccc(S(=O)(=O)N3CCCCCC3)cc2[N+](=O)[O-])n1. The molecule has 1 amide bonds. The Morgan fingerprint density at radius 1 is 1.21 bits per heavy atom. The molecule has 1 aliphatic rings. The standard InChI is InChI=1S/C17H22N6O5S/c18-16(24)12-21-10-7-17(20-21)19-14-6-5-13(11-15(14)23(25)26)29(27,28)22-8-3-1-2-4-9-22/h5-7,10-11H,1-4,8-9,12H2,(H2,18,24)(H,19,20). The Bertz CT molecular complexity index is 1010. The zero-order chi connectivity index (χ0) is 21.0. The maximum absolute atomic E-state index is 12.9. The van der Waals surface area contributed by atoms with Crippen molar-refractivity contribution in [3.8, 4) is 0 Å². The summed E-state index contributed by atoms with van der Waals surface area (Å²) in [4.78, 5) is 21.7. The fourth-order valence-electron chi connectivity index (χ4n) is 3.17. The van der Waals surface area contributed by atoms with Crippen LogP contribution in [-0.2, 0) is 21.4 Å². The molecule has 1 aromatic carbocycles. The molecule has 1 fully saturated rings. The molecule has 1 aliphatic heterocycles. The van der Waals surface area contributed by atoms with Gasteiger partial charge in [-0.25, -0.2) is 8.42 Å². The predicted molar refractivity (Wildman–Crippen MR) is 105 cm³/mol. The number of nitro groups is 1. The zero-order valence-electron chi connectivity index (χ0n) is 15.7. The van der Waals surface area contributed by atoms with Crippen molar-refractivity contribution in [3.63, 3.8) is 0 Å². The first-order valence-electron chi connectivity index (χ1n) is 9.15. The maximum Gasteiger partial charge on any atom is 0.294 e. The van der Waals surface area contributed by atoms with Crippen LogP contribution < -0.4 is 11.1 Å². The summed E-state index contributed by atoms with van der Waals surface area (Å²) in [6.07, 6.45) is 4.98. The van der Waals surface area contributed by atoms with E-state index in [4.69, 9.17) is 5.73 Å². The van der Waals surface area contributed by atoms with Crippen molar-refractivity contribution in [1.29, 1.82) is 0 Å². The van der Waals surface area contributed by atoms with E-state index in [0.29, 0.717) is 13.1 Å². The summed E-state index contributed by atoms with van der Waals surface area (Å²) in [5, 5.41) is 18.4. The van der Waals surface area contributed by atoms with Crippen LogP contribution in [-0.4, -0.2) is 46.4 Å². The van der Waals surface area contributed by atoms with Gasteiger partial charge >= 0.3 is 0 Å². The Kier molecular flexibility index (Phi) is 6.13. The molecule has 11 nitrogen and oxygen atoms in total. The number of carbonyl (C=O) groups excluding carboxylic acids is 1. The first-order valence-corrected chi connectivity index (χ1v) is 10.6.